The zero-order valence-corrected chi connectivity index (χ0v) is 20.6. The van der Waals surface area contributed by atoms with Crippen LogP contribution in [0.25, 0.3) is 11.0 Å². The lowest BCUT2D eigenvalue weighted by atomic mass is 9.98. The number of hydrogen-bond donors (Lipinski definition) is 0. The van der Waals surface area contributed by atoms with E-state index in [1.54, 1.807) is 19.2 Å². The van der Waals surface area contributed by atoms with Gasteiger partial charge in [0.05, 0.1) is 22.1 Å². The lowest BCUT2D eigenvalue weighted by Gasteiger charge is -2.50. The van der Waals surface area contributed by atoms with Crippen LogP contribution in [0.4, 0.5) is 18.9 Å². The van der Waals surface area contributed by atoms with Crippen molar-refractivity contribution in [1.82, 2.24) is 14.5 Å². The first kappa shape index (κ1) is 24.4. The number of anilines is 1. The summed E-state index contributed by atoms with van der Waals surface area (Å²) in [5, 5.41) is 9.06. The molecule has 1 fully saturated rings. The summed E-state index contributed by atoms with van der Waals surface area (Å²) in [6.45, 7) is 5.34. The molecule has 188 valence electrons. The zero-order chi connectivity index (χ0) is 25.9. The van der Waals surface area contributed by atoms with E-state index in [-0.39, 0.29) is 46.8 Å². The normalized spacial score (nSPS) is 20.9. The molecule has 2 aliphatic rings. The highest BCUT2D eigenvalue weighted by atomic mass is 35.5. The predicted octanol–water partition coefficient (Wildman–Crippen LogP) is 4.51. The van der Waals surface area contributed by atoms with E-state index >= 15 is 0 Å². The highest BCUT2D eigenvalue weighted by Crippen LogP contribution is 2.41. The molecule has 0 radical (unpaired) electrons. The number of ether oxygens (including phenoxy) is 1. The minimum absolute atomic E-state index is 0.0125. The van der Waals surface area contributed by atoms with Gasteiger partial charge >= 0.3 is 6.18 Å². The van der Waals surface area contributed by atoms with Crippen LogP contribution >= 0.6 is 11.6 Å². The minimum Gasteiger partial charge on any atom is -0.484 e. The molecule has 0 amide bonds. The van der Waals surface area contributed by atoms with Crippen molar-refractivity contribution >= 4 is 28.3 Å². The van der Waals surface area contributed by atoms with Gasteiger partial charge in [-0.25, -0.2) is 4.98 Å². The predicted molar refractivity (Wildman–Crippen MR) is 129 cm³/mol. The molecule has 0 bridgehead atoms. The molecule has 4 heterocycles. The Morgan fingerprint density at radius 2 is 2.00 bits per heavy atom. The van der Waals surface area contributed by atoms with Crippen molar-refractivity contribution in [3.63, 3.8) is 0 Å². The Hall–Kier alpha value is -3.29. The van der Waals surface area contributed by atoms with E-state index in [0.717, 1.165) is 6.07 Å². The number of alkyl halides is 3. The molecule has 1 saturated heterocycles. The van der Waals surface area contributed by atoms with Crippen molar-refractivity contribution in [2.45, 2.75) is 38.1 Å². The number of nitriles is 1. The van der Waals surface area contributed by atoms with Gasteiger partial charge in [-0.15, -0.1) is 0 Å². The van der Waals surface area contributed by atoms with E-state index in [1.165, 1.54) is 16.7 Å². The first-order valence-electron chi connectivity index (χ1n) is 11.5. The van der Waals surface area contributed by atoms with Crippen LogP contribution in [0.2, 0.25) is 5.02 Å². The molecule has 11 heteroatoms. The van der Waals surface area contributed by atoms with E-state index in [2.05, 4.69) is 20.9 Å². The van der Waals surface area contributed by atoms with Gasteiger partial charge in [-0.1, -0.05) is 17.7 Å². The molecular weight excluding hydrogens is 495 g/mol. The highest BCUT2D eigenvalue weighted by molar-refractivity contribution is 6.31. The van der Waals surface area contributed by atoms with E-state index in [0.29, 0.717) is 35.4 Å². The van der Waals surface area contributed by atoms with Gasteiger partial charge in [0.15, 0.2) is 0 Å². The van der Waals surface area contributed by atoms with E-state index in [1.807, 2.05) is 13.8 Å². The number of nitrogens with zero attached hydrogens (tertiary/aromatic N) is 5. The molecule has 0 unspecified atom stereocenters. The van der Waals surface area contributed by atoms with Gasteiger partial charge in [-0.3, -0.25) is 9.69 Å². The summed E-state index contributed by atoms with van der Waals surface area (Å²) >= 11 is 5.98. The minimum atomic E-state index is -4.51. The smallest absolute Gasteiger partial charge is 0.417 e. The van der Waals surface area contributed by atoms with E-state index < -0.39 is 11.7 Å². The molecule has 5 rings (SSSR count). The Labute approximate surface area is 210 Å². The Balaban J connectivity index is 1.50. The van der Waals surface area contributed by atoms with Gasteiger partial charge < -0.3 is 14.2 Å². The maximum atomic E-state index is 13.2. The topological polar surface area (TPSA) is 74.4 Å². The third-order valence-corrected chi connectivity index (χ3v) is 7.48. The molecule has 0 aliphatic carbocycles. The van der Waals surface area contributed by atoms with Crippen LogP contribution < -0.4 is 15.2 Å². The number of aryl methyl sites for hydroxylation is 1. The molecule has 0 spiro atoms. The van der Waals surface area contributed by atoms with Crippen molar-refractivity contribution in [3.8, 4) is 11.8 Å². The standard InChI is InChI=1S/C25H23ClF3N5O2/c1-13-10-34-17(11-33(13)14(2)15-4-6-18(19(26)8-15)25(27,28)29)12-36-23-22(34)21-20(32(3)24(23)35)7-5-16(9-30)31-21/h4-8,13-14,17H,10-12H2,1-3H3/t13-,14+,17+/m1/s1. The summed E-state index contributed by atoms with van der Waals surface area (Å²) in [7, 11) is 1.64. The van der Waals surface area contributed by atoms with Gasteiger partial charge in [0.1, 0.15) is 29.6 Å². The number of benzene rings is 1. The second-order valence-electron chi connectivity index (χ2n) is 9.29. The maximum Gasteiger partial charge on any atom is 0.417 e. The monoisotopic (exact) mass is 517 g/mol. The molecule has 7 nitrogen and oxygen atoms in total. The van der Waals surface area contributed by atoms with Crippen LogP contribution in [0.5, 0.6) is 5.75 Å². The van der Waals surface area contributed by atoms with Crippen LogP contribution in [0.15, 0.2) is 35.1 Å². The Bertz CT molecular complexity index is 1470. The Kier molecular flexibility index (Phi) is 5.88. The van der Waals surface area contributed by atoms with Crippen molar-refractivity contribution < 1.29 is 17.9 Å². The Morgan fingerprint density at radius 1 is 1.25 bits per heavy atom. The lowest BCUT2D eigenvalue weighted by molar-refractivity contribution is -0.137. The van der Waals surface area contributed by atoms with Crippen LogP contribution in [-0.2, 0) is 13.2 Å². The molecule has 3 aromatic rings. The molecule has 2 aromatic heterocycles. The molecule has 36 heavy (non-hydrogen) atoms. The zero-order valence-electron chi connectivity index (χ0n) is 19.8. The van der Waals surface area contributed by atoms with E-state index in [4.69, 9.17) is 16.3 Å². The van der Waals surface area contributed by atoms with Crippen molar-refractivity contribution in [3.05, 3.63) is 62.5 Å². The summed E-state index contributed by atoms with van der Waals surface area (Å²) in [6.07, 6.45) is -4.51. The van der Waals surface area contributed by atoms with Gasteiger partial charge in [0, 0.05) is 32.2 Å². The molecule has 1 aromatic carbocycles. The quantitative estimate of drug-likeness (QED) is 0.498. The first-order chi connectivity index (χ1) is 17.0. The average molecular weight is 518 g/mol. The molecule has 0 saturated carbocycles. The summed E-state index contributed by atoms with van der Waals surface area (Å²) in [6, 6.07) is 8.87. The molecular formula is C25H23ClF3N5O2. The SMILES string of the molecule is C[C@@H]1CN2c3c(c(=O)n(C)c4ccc(C#N)nc34)OC[C@@H]2CN1[C@@H](C)c1ccc(C(F)(F)F)c(Cl)c1. The summed E-state index contributed by atoms with van der Waals surface area (Å²) < 4.78 is 46.9. The molecule has 3 atom stereocenters. The number of rotatable bonds is 2. The van der Waals surface area contributed by atoms with Gasteiger partial charge in [-0.05, 0) is 43.7 Å². The summed E-state index contributed by atoms with van der Waals surface area (Å²) in [4.78, 5) is 21.9. The largest absolute Gasteiger partial charge is 0.484 e. The van der Waals surface area contributed by atoms with Crippen molar-refractivity contribution in [2.75, 3.05) is 24.6 Å². The van der Waals surface area contributed by atoms with E-state index in [9.17, 15) is 23.2 Å². The maximum absolute atomic E-state index is 13.2. The summed E-state index contributed by atoms with van der Waals surface area (Å²) in [5.41, 5.74) is 1.51. The van der Waals surface area contributed by atoms with Crippen LogP contribution in [-0.4, -0.2) is 46.2 Å². The van der Waals surface area contributed by atoms with Crippen LogP contribution in [0.1, 0.15) is 36.7 Å². The number of halogens is 4. The van der Waals surface area contributed by atoms with Crippen LogP contribution in [0, 0.1) is 11.3 Å². The number of aromatic nitrogens is 2. The number of piperazine rings is 1. The van der Waals surface area contributed by atoms with Crippen LogP contribution in [0.3, 0.4) is 0 Å². The molecule has 2 aliphatic heterocycles. The first-order valence-corrected chi connectivity index (χ1v) is 11.8. The lowest BCUT2D eigenvalue weighted by Crippen LogP contribution is -2.61. The second kappa shape index (κ2) is 8.68. The van der Waals surface area contributed by atoms with Crippen molar-refractivity contribution in [1.29, 1.82) is 5.26 Å². The summed E-state index contributed by atoms with van der Waals surface area (Å²) in [5.74, 6) is 0.215. The van der Waals surface area contributed by atoms with Gasteiger partial charge in [0.25, 0.3) is 5.56 Å². The second-order valence-corrected chi connectivity index (χ2v) is 9.70. The fourth-order valence-electron chi connectivity index (χ4n) is 5.24. The van der Waals surface area contributed by atoms with Gasteiger partial charge in [-0.2, -0.15) is 18.4 Å². The number of pyridine rings is 2. The third kappa shape index (κ3) is 3.87. The van der Waals surface area contributed by atoms with Gasteiger partial charge in [0.2, 0.25) is 5.75 Å². The fraction of sp³-hybridized carbons (Fsp3) is 0.400. The Morgan fingerprint density at radius 3 is 2.67 bits per heavy atom. The van der Waals surface area contributed by atoms with Crippen molar-refractivity contribution in [2.24, 2.45) is 7.05 Å². The average Bonchev–Trinajstić information content (AvgIpc) is 2.84. The number of hydrogen-bond acceptors (Lipinski definition) is 6. The number of fused-ring (bicyclic) bond motifs is 5. The molecule has 0 N–H and O–H groups in total. The highest BCUT2D eigenvalue weighted by Gasteiger charge is 2.41. The third-order valence-electron chi connectivity index (χ3n) is 7.16. The fourth-order valence-corrected chi connectivity index (χ4v) is 5.53.